The summed E-state index contributed by atoms with van der Waals surface area (Å²) in [6.45, 7) is 9.84. The average Bonchev–Trinajstić information content (AvgIpc) is 1.63. The SMILES string of the molecule is CC(=O)N[C@H]1[C@H]2OC[C@](COCCOCCOCCOCCn3cc(COCC(COCc4cn(CCOCCOCCOCCOC[C@@]56CO[C@@H](O5)[C@H](NC(C)=O)[C@@H](O)[C@H]6O)nn4)(COCc4cn(CCOCCOCCOCCOC[C@@]56CO[C@@H](O5)[C@H](NC(C)=O)[C@@H](O)[C@H]6O)nn4)NC(=O)CCCCCC(=O)O)nn3)(O2)[C@H](O)[C@@H]1O. The molecule has 3 aromatic heterocycles. The van der Waals surface area contributed by atoms with E-state index in [1.54, 1.807) is 32.6 Å². The molecule has 0 spiro atoms. The van der Waals surface area contributed by atoms with Crippen molar-refractivity contribution in [3.63, 3.8) is 0 Å². The lowest BCUT2D eigenvalue weighted by Gasteiger charge is -2.42. The Balaban J connectivity index is 0.674. The van der Waals surface area contributed by atoms with Gasteiger partial charge in [0, 0.05) is 33.6 Å². The summed E-state index contributed by atoms with van der Waals surface area (Å²) < 4.78 is 126. The van der Waals surface area contributed by atoms with Crippen LogP contribution in [0.15, 0.2) is 18.6 Å². The molecule has 0 unspecified atom stereocenters. The van der Waals surface area contributed by atoms with Gasteiger partial charge in [0.1, 0.15) is 94.2 Å². The van der Waals surface area contributed by atoms with Crippen LogP contribution in [0.25, 0.3) is 0 Å². The average molecular weight is 1680 g/mol. The summed E-state index contributed by atoms with van der Waals surface area (Å²) >= 11 is 0. The largest absolute Gasteiger partial charge is 0.481 e. The van der Waals surface area contributed by atoms with E-state index >= 15 is 0 Å². The number of carbonyl (C=O) groups excluding carboxylic acids is 4. The standard InChI is InChI=1S/C71H117N13O33/c1-48(85)72-56-59(91)62(94)69(45-112-65(56)115-69)42-106-30-27-103-24-21-100-18-15-97-12-9-82-33-51(76-79-82)36-109-39-68(75-54(88)7-5-4-6-8-55(89)90,40-110-37-52-34-83(80-77-52)10-13-98-16-19-101-22-25-104-28-31-107-43-70-46-113-66(116-70)57(73-49(2)86)60(92)63(70)95)41-111-38-53-35-84(81-78-53)11-14-99-17-20-102-23-26-105-29-32-108-44-71-47-114-67(117-71)58(74-50(3)87)61(93)64(71)96/h33-35,56-67,91-96H,4-32,36-47H2,1-3H3,(H,72,85)(H,73,86)(H,74,87)(H,75,88)(H,89,90)/t56-,57-,58-,59-,60-,61-,62-,63-,64-,65+,66+,67+,69+,70+,71+/m1/s1. The monoisotopic (exact) mass is 1680 g/mol. The molecule has 6 saturated heterocycles. The first-order valence-corrected chi connectivity index (χ1v) is 39.2. The second-order valence-electron chi connectivity index (χ2n) is 28.9. The maximum Gasteiger partial charge on any atom is 0.303 e. The summed E-state index contributed by atoms with van der Waals surface area (Å²) in [4.78, 5) is 59.9. The molecule has 0 aliphatic carbocycles. The lowest BCUT2D eigenvalue weighted by Crippen LogP contribution is -2.66. The van der Waals surface area contributed by atoms with Crippen LogP contribution in [-0.4, -0.2) is 404 Å². The predicted molar refractivity (Wildman–Crippen MR) is 390 cm³/mol. The highest BCUT2D eigenvalue weighted by Crippen LogP contribution is 2.40. The Bertz CT molecular complexity index is 3080. The first-order chi connectivity index (χ1) is 56.6. The Labute approximate surface area is 675 Å². The molecule has 11 N–H and O–H groups in total. The second-order valence-corrected chi connectivity index (χ2v) is 28.9. The fraction of sp³-hybridized carbons (Fsp3) is 0.845. The Morgan fingerprint density at radius 2 is 0.675 bits per heavy atom. The number of amides is 4. The van der Waals surface area contributed by atoms with Crippen LogP contribution in [0.4, 0.5) is 0 Å². The van der Waals surface area contributed by atoms with Gasteiger partial charge in [0.15, 0.2) is 18.9 Å². The highest BCUT2D eigenvalue weighted by atomic mass is 16.8. The number of unbranched alkanes of at least 4 members (excludes halogenated alkanes) is 2. The number of carboxylic acids is 1. The number of fused-ring (bicyclic) bond motifs is 6. The molecule has 46 nitrogen and oxygen atoms in total. The van der Waals surface area contributed by atoms with Crippen LogP contribution < -0.4 is 21.3 Å². The highest BCUT2D eigenvalue weighted by Gasteiger charge is 2.62. The van der Waals surface area contributed by atoms with E-state index in [1.807, 2.05) is 0 Å². The van der Waals surface area contributed by atoms with E-state index in [1.165, 1.54) is 20.8 Å². The number of aliphatic hydroxyl groups excluding tert-OH is 6. The van der Waals surface area contributed by atoms with Crippen molar-refractivity contribution in [2.24, 2.45) is 0 Å². The normalized spacial score (nSPS) is 26.6. The van der Waals surface area contributed by atoms with Crippen molar-refractivity contribution in [2.75, 3.05) is 198 Å². The first-order valence-electron chi connectivity index (χ1n) is 39.2. The molecule has 0 aromatic carbocycles. The van der Waals surface area contributed by atoms with Crippen LogP contribution in [-0.2, 0) is 163 Å². The number of carboxylic acid groups (broad SMARTS) is 1. The quantitative estimate of drug-likeness (QED) is 0.0234. The van der Waals surface area contributed by atoms with Gasteiger partial charge < -0.3 is 156 Å². The van der Waals surface area contributed by atoms with E-state index in [0.717, 1.165) is 0 Å². The highest BCUT2D eigenvalue weighted by molar-refractivity contribution is 5.77. The number of aliphatic carboxylic acids is 1. The Morgan fingerprint density at radius 1 is 0.402 bits per heavy atom. The van der Waals surface area contributed by atoms with Crippen molar-refractivity contribution in [1.29, 1.82) is 0 Å². The zero-order valence-electron chi connectivity index (χ0n) is 66.4. The maximum absolute atomic E-state index is 13.9. The molecule has 664 valence electrons. The van der Waals surface area contributed by atoms with Crippen LogP contribution in [0.2, 0.25) is 0 Å². The third kappa shape index (κ3) is 30.4. The molecule has 9 rings (SSSR count). The minimum atomic E-state index is -1.35. The zero-order chi connectivity index (χ0) is 83.3. The molecule has 15 atom stereocenters. The van der Waals surface area contributed by atoms with Crippen molar-refractivity contribution >= 4 is 29.6 Å². The van der Waals surface area contributed by atoms with Crippen molar-refractivity contribution in [3.05, 3.63) is 35.7 Å². The lowest BCUT2D eigenvalue weighted by atomic mass is 9.88. The summed E-state index contributed by atoms with van der Waals surface area (Å²) in [7, 11) is 0. The number of carbonyl (C=O) groups is 5. The topological polar surface area (TPSA) is 561 Å². The molecule has 6 bridgehead atoms. The molecule has 0 saturated carbocycles. The van der Waals surface area contributed by atoms with Gasteiger partial charge in [0.25, 0.3) is 0 Å². The van der Waals surface area contributed by atoms with E-state index in [0.29, 0.717) is 115 Å². The molecule has 6 aliphatic rings. The fourth-order valence-corrected chi connectivity index (χ4v) is 13.3. The van der Waals surface area contributed by atoms with Gasteiger partial charge in [0.2, 0.25) is 23.6 Å². The minimum Gasteiger partial charge on any atom is -0.481 e. The van der Waals surface area contributed by atoms with Crippen molar-refractivity contribution < 1.29 is 159 Å². The predicted octanol–water partition coefficient (Wildman–Crippen LogP) is -6.44. The second kappa shape index (κ2) is 49.6. The van der Waals surface area contributed by atoms with Gasteiger partial charge >= 0.3 is 5.97 Å². The third-order valence-electron chi connectivity index (χ3n) is 19.3. The van der Waals surface area contributed by atoms with Crippen molar-refractivity contribution in [1.82, 2.24) is 66.2 Å². The number of nitrogens with one attached hydrogen (secondary N) is 4. The third-order valence-corrected chi connectivity index (χ3v) is 19.3. The van der Waals surface area contributed by atoms with E-state index in [2.05, 4.69) is 52.2 Å². The molecule has 117 heavy (non-hydrogen) atoms. The molecule has 3 aromatic rings. The first kappa shape index (κ1) is 94.5. The number of rotatable bonds is 64. The van der Waals surface area contributed by atoms with Gasteiger partial charge in [-0.15, -0.1) is 15.3 Å². The Kier molecular flexibility index (Phi) is 40.1. The van der Waals surface area contributed by atoms with E-state index < -0.39 is 120 Å². The summed E-state index contributed by atoms with van der Waals surface area (Å²) in [6, 6.07) is -2.73. The number of hydrogen-bond acceptors (Lipinski definition) is 38. The minimum absolute atomic E-state index is 0.0176. The van der Waals surface area contributed by atoms with Gasteiger partial charge in [-0.1, -0.05) is 22.1 Å². The van der Waals surface area contributed by atoms with Crippen LogP contribution in [0, 0.1) is 0 Å². The summed E-state index contributed by atoms with van der Waals surface area (Å²) in [5.41, 5.74) is -3.72. The van der Waals surface area contributed by atoms with Crippen molar-refractivity contribution in [3.8, 4) is 0 Å². The molecule has 46 heteroatoms. The number of hydrogen-bond donors (Lipinski definition) is 11. The van der Waals surface area contributed by atoms with Crippen LogP contribution in [0.1, 0.15) is 70.0 Å². The molecule has 6 fully saturated rings. The van der Waals surface area contributed by atoms with Crippen molar-refractivity contribution in [2.45, 2.75) is 188 Å². The van der Waals surface area contributed by atoms with Crippen LogP contribution in [0.3, 0.4) is 0 Å². The molecule has 6 aliphatic heterocycles. The van der Waals surface area contributed by atoms with Crippen LogP contribution in [0.5, 0.6) is 0 Å². The van der Waals surface area contributed by atoms with E-state index in [9.17, 15) is 59.7 Å². The van der Waals surface area contributed by atoms with Gasteiger partial charge in [-0.2, -0.15) is 0 Å². The molecule has 4 amide bonds. The zero-order valence-corrected chi connectivity index (χ0v) is 66.4. The Hall–Kier alpha value is -6.31. The van der Waals surface area contributed by atoms with Gasteiger partial charge in [-0.25, -0.2) is 14.0 Å². The molecular formula is C71H117N13O33. The number of nitrogens with zero attached hydrogens (tertiary/aromatic N) is 9. The van der Waals surface area contributed by atoms with Gasteiger partial charge in [0.05, 0.1) is 256 Å². The van der Waals surface area contributed by atoms with Gasteiger partial charge in [-0.3, -0.25) is 24.0 Å². The van der Waals surface area contributed by atoms with Crippen LogP contribution >= 0.6 is 0 Å². The maximum atomic E-state index is 13.9. The molecule has 9 heterocycles. The smallest absolute Gasteiger partial charge is 0.303 e. The Morgan fingerprint density at radius 3 is 0.957 bits per heavy atom. The fourth-order valence-electron chi connectivity index (χ4n) is 13.3. The summed E-state index contributed by atoms with van der Waals surface area (Å²) in [5.74, 6) is -2.47. The summed E-state index contributed by atoms with van der Waals surface area (Å²) in [5, 5.41) is 110. The number of aromatic nitrogens is 9. The van der Waals surface area contributed by atoms with Gasteiger partial charge in [-0.05, 0) is 12.8 Å². The van der Waals surface area contributed by atoms with E-state index in [4.69, 9.17) is 99.5 Å². The number of aliphatic hydroxyl groups is 6. The lowest BCUT2D eigenvalue weighted by molar-refractivity contribution is -0.238. The summed E-state index contributed by atoms with van der Waals surface area (Å²) in [6.07, 6.45) is -4.23. The number of ether oxygens (including phenoxy) is 21. The molecule has 0 radical (unpaired) electrons. The molecular weight excluding hydrogens is 1560 g/mol. The van der Waals surface area contributed by atoms with E-state index in [-0.39, 0.29) is 177 Å².